The number of aromatic amines is 1. The zero-order valence-corrected chi connectivity index (χ0v) is 26.0. The van der Waals surface area contributed by atoms with Crippen molar-refractivity contribution in [2.24, 2.45) is 5.92 Å². The largest absolute Gasteiger partial charge is 0.496 e. The minimum absolute atomic E-state index is 0.0224. The monoisotopic (exact) mass is 620 g/mol. The summed E-state index contributed by atoms with van der Waals surface area (Å²) in [5, 5.41) is 15.3. The number of amides is 4. The Morgan fingerprint density at radius 1 is 1.02 bits per heavy atom. The second-order valence-electron chi connectivity index (χ2n) is 10.9. The molecule has 3 aromatic rings. The van der Waals surface area contributed by atoms with Gasteiger partial charge in [0.1, 0.15) is 17.5 Å². The number of nitrogens with zero attached hydrogens (tertiary/aromatic N) is 2. The van der Waals surface area contributed by atoms with Gasteiger partial charge >= 0.3 is 0 Å². The Labute approximate surface area is 262 Å². The lowest BCUT2D eigenvalue weighted by molar-refractivity contribution is -0.137. The summed E-state index contributed by atoms with van der Waals surface area (Å²) in [6.07, 6.45) is 2.69. The molecule has 0 unspecified atom stereocenters. The average molecular weight is 621 g/mol. The van der Waals surface area contributed by atoms with Crippen LogP contribution in [0.15, 0.2) is 48.7 Å². The van der Waals surface area contributed by atoms with Crippen LogP contribution in [0.3, 0.4) is 0 Å². The molecule has 2 heterocycles. The predicted octanol–water partition coefficient (Wildman–Crippen LogP) is 2.57. The highest BCUT2D eigenvalue weighted by molar-refractivity contribution is 5.95. The van der Waals surface area contributed by atoms with Crippen LogP contribution in [0.1, 0.15) is 48.3 Å². The van der Waals surface area contributed by atoms with Crippen molar-refractivity contribution in [1.82, 2.24) is 31.0 Å². The third kappa shape index (κ3) is 8.74. The van der Waals surface area contributed by atoms with Crippen LogP contribution >= 0.6 is 0 Å². The van der Waals surface area contributed by atoms with Crippen molar-refractivity contribution in [2.45, 2.75) is 45.7 Å². The van der Waals surface area contributed by atoms with E-state index < -0.39 is 17.9 Å². The summed E-state index contributed by atoms with van der Waals surface area (Å²) < 4.78 is 17.3. The Kier molecular flexibility index (Phi) is 11.4. The molecule has 1 atom stereocenters. The van der Waals surface area contributed by atoms with E-state index in [0.717, 1.165) is 0 Å². The number of carbonyl (C=O) groups excluding carboxylic acids is 4. The molecule has 0 saturated heterocycles. The van der Waals surface area contributed by atoms with Gasteiger partial charge in [-0.25, -0.2) is 0 Å². The molecule has 4 N–H and O–H groups in total. The van der Waals surface area contributed by atoms with Gasteiger partial charge in [-0.1, -0.05) is 19.9 Å². The van der Waals surface area contributed by atoms with Gasteiger partial charge in [0.2, 0.25) is 17.7 Å². The van der Waals surface area contributed by atoms with Gasteiger partial charge in [-0.05, 0) is 55.2 Å². The minimum Gasteiger partial charge on any atom is -0.496 e. The van der Waals surface area contributed by atoms with Gasteiger partial charge in [0.25, 0.3) is 5.91 Å². The van der Waals surface area contributed by atoms with Crippen LogP contribution in [0, 0.1) is 5.92 Å². The van der Waals surface area contributed by atoms with Crippen molar-refractivity contribution in [2.75, 3.05) is 33.9 Å². The maximum Gasteiger partial charge on any atom is 0.251 e. The maximum atomic E-state index is 13.4. The molecule has 0 saturated carbocycles. The molecule has 13 heteroatoms. The first-order valence-electron chi connectivity index (χ1n) is 14.8. The van der Waals surface area contributed by atoms with Crippen LogP contribution in [0.25, 0.3) is 0 Å². The number of ether oxygens (including phenoxy) is 3. The molecule has 0 spiro atoms. The number of H-pyrrole nitrogens is 1. The van der Waals surface area contributed by atoms with Crippen LogP contribution in [-0.4, -0.2) is 78.6 Å². The van der Waals surface area contributed by atoms with E-state index in [9.17, 15) is 19.2 Å². The first-order chi connectivity index (χ1) is 21.7. The summed E-state index contributed by atoms with van der Waals surface area (Å²) >= 11 is 0. The third-order valence-electron chi connectivity index (χ3n) is 7.39. The lowest BCUT2D eigenvalue weighted by Gasteiger charge is -2.26. The molecule has 0 aliphatic carbocycles. The van der Waals surface area contributed by atoms with Crippen molar-refractivity contribution in [3.05, 3.63) is 65.5 Å². The molecule has 240 valence electrons. The highest BCUT2D eigenvalue weighted by Crippen LogP contribution is 2.37. The van der Waals surface area contributed by atoms with E-state index in [4.69, 9.17) is 14.2 Å². The van der Waals surface area contributed by atoms with Crippen LogP contribution < -0.4 is 30.2 Å². The fourth-order valence-electron chi connectivity index (χ4n) is 4.92. The molecule has 1 aliphatic rings. The van der Waals surface area contributed by atoms with Gasteiger partial charge in [0.05, 0.1) is 39.3 Å². The first kappa shape index (κ1) is 32.8. The minimum atomic E-state index is -0.862. The SMILES string of the molecule is COc1ccc2cc1Oc1cccc(OC)c1CNC(=O)[C@@H](C(C)C)NC(=O)CN(C(=O)Cc1ccn[nH]1)CCCCNC2=O. The number of nitrogens with one attached hydrogen (secondary N) is 4. The van der Waals surface area contributed by atoms with Crippen molar-refractivity contribution >= 4 is 23.6 Å². The summed E-state index contributed by atoms with van der Waals surface area (Å²) in [7, 11) is 3.01. The van der Waals surface area contributed by atoms with Gasteiger partial charge in [-0.15, -0.1) is 0 Å². The van der Waals surface area contributed by atoms with Crippen LogP contribution in [0.4, 0.5) is 0 Å². The highest BCUT2D eigenvalue weighted by Gasteiger charge is 2.27. The Balaban J connectivity index is 1.64. The maximum absolute atomic E-state index is 13.4. The van der Waals surface area contributed by atoms with Crippen LogP contribution in [0.2, 0.25) is 0 Å². The lowest BCUT2D eigenvalue weighted by atomic mass is 10.0. The fourth-order valence-corrected chi connectivity index (χ4v) is 4.92. The summed E-state index contributed by atoms with van der Waals surface area (Å²) in [5.74, 6) is -0.108. The van der Waals surface area contributed by atoms with Gasteiger partial charge in [0.15, 0.2) is 11.5 Å². The molecular formula is C32H40N6O7. The van der Waals surface area contributed by atoms with Crippen molar-refractivity contribution < 1.29 is 33.4 Å². The fraction of sp³-hybridized carbons (Fsp3) is 0.406. The first-order valence-corrected chi connectivity index (χ1v) is 14.8. The Bertz CT molecular complexity index is 1490. The zero-order chi connectivity index (χ0) is 32.3. The average Bonchev–Trinajstić information content (AvgIpc) is 3.54. The number of hydrogen-bond donors (Lipinski definition) is 4. The highest BCUT2D eigenvalue weighted by atomic mass is 16.5. The zero-order valence-electron chi connectivity index (χ0n) is 26.0. The second-order valence-corrected chi connectivity index (χ2v) is 10.9. The van der Waals surface area contributed by atoms with E-state index >= 15 is 0 Å². The van der Waals surface area contributed by atoms with Crippen LogP contribution in [0.5, 0.6) is 23.0 Å². The Morgan fingerprint density at radius 2 is 1.82 bits per heavy atom. The molecule has 0 radical (unpaired) electrons. The summed E-state index contributed by atoms with van der Waals surface area (Å²) in [5.41, 5.74) is 1.53. The summed E-state index contributed by atoms with van der Waals surface area (Å²) in [6.45, 7) is 4.09. The standard InChI is InChI=1S/C32H40N6O7/c1-20(2)30-32(42)34-18-23-24(43-3)8-7-9-25(23)45-27-16-21(10-11-26(27)44-4)31(41)33-13-5-6-15-38(19-28(39)36-30)29(40)17-22-12-14-35-37-22/h7-12,14,16,20,30H,5-6,13,15,17-19H2,1-4H3,(H,33,41)(H,34,42)(H,35,37)(H,36,39)/t30-/m1/s1. The van der Waals surface area contributed by atoms with Crippen LogP contribution in [-0.2, 0) is 27.3 Å². The molecular weight excluding hydrogens is 580 g/mol. The molecule has 45 heavy (non-hydrogen) atoms. The summed E-state index contributed by atoms with van der Waals surface area (Å²) in [6, 6.07) is 10.9. The molecule has 4 rings (SSSR count). The molecule has 4 amide bonds. The number of aromatic nitrogens is 2. The number of methoxy groups -OCH3 is 2. The van der Waals surface area contributed by atoms with E-state index in [2.05, 4.69) is 26.1 Å². The smallest absolute Gasteiger partial charge is 0.251 e. The van der Waals surface area contributed by atoms with Gasteiger partial charge in [-0.3, -0.25) is 24.3 Å². The van der Waals surface area contributed by atoms with Crippen molar-refractivity contribution in [1.29, 1.82) is 0 Å². The van der Waals surface area contributed by atoms with E-state index in [-0.39, 0.29) is 43.8 Å². The molecule has 1 aromatic heterocycles. The molecule has 13 nitrogen and oxygen atoms in total. The number of benzene rings is 2. The van der Waals surface area contributed by atoms with Gasteiger partial charge in [0, 0.05) is 30.5 Å². The predicted molar refractivity (Wildman–Crippen MR) is 165 cm³/mol. The topological polar surface area (TPSA) is 164 Å². The van der Waals surface area contributed by atoms with E-state index in [1.807, 2.05) is 13.8 Å². The molecule has 0 fully saturated rings. The van der Waals surface area contributed by atoms with Crippen molar-refractivity contribution in [3.8, 4) is 23.0 Å². The number of fused-ring (bicyclic) bond motifs is 3. The lowest BCUT2D eigenvalue weighted by Crippen LogP contribution is -2.52. The van der Waals surface area contributed by atoms with Gasteiger partial charge in [-0.2, -0.15) is 5.10 Å². The summed E-state index contributed by atoms with van der Waals surface area (Å²) in [4.78, 5) is 54.3. The quantitative estimate of drug-likeness (QED) is 0.338. The number of hydrogen-bond acceptors (Lipinski definition) is 8. The Hall–Kier alpha value is -5.07. The normalized spacial score (nSPS) is 16.9. The van der Waals surface area contributed by atoms with E-state index in [1.54, 1.807) is 48.7 Å². The van der Waals surface area contributed by atoms with E-state index in [1.165, 1.54) is 19.1 Å². The molecule has 1 aliphatic heterocycles. The Morgan fingerprint density at radius 3 is 2.53 bits per heavy atom. The second kappa shape index (κ2) is 15.6. The van der Waals surface area contributed by atoms with Crippen molar-refractivity contribution in [3.63, 3.8) is 0 Å². The number of rotatable bonds is 5. The van der Waals surface area contributed by atoms with E-state index in [0.29, 0.717) is 59.2 Å². The third-order valence-corrected chi connectivity index (χ3v) is 7.39. The molecule has 2 bridgehead atoms. The molecule has 2 aromatic carbocycles. The van der Waals surface area contributed by atoms with Gasteiger partial charge < -0.3 is 35.1 Å². The number of carbonyl (C=O) groups is 4.